The van der Waals surface area contributed by atoms with Crippen LogP contribution in [0.1, 0.15) is 59.3 Å². The lowest BCUT2D eigenvalue weighted by atomic mass is 9.91. The van der Waals surface area contributed by atoms with Gasteiger partial charge in [0.25, 0.3) is 5.91 Å². The monoisotopic (exact) mass is 428 g/mol. The number of hydrogen-bond acceptors (Lipinski definition) is 2. The summed E-state index contributed by atoms with van der Waals surface area (Å²) in [6.07, 6.45) is 6.95. The lowest BCUT2D eigenvalue weighted by Crippen LogP contribution is -2.45. The van der Waals surface area contributed by atoms with Crippen LogP contribution in [0, 0.1) is 13.8 Å². The molecule has 0 radical (unpaired) electrons. The van der Waals surface area contributed by atoms with Crippen molar-refractivity contribution < 1.29 is 9.53 Å². The second kappa shape index (κ2) is 8.50. The van der Waals surface area contributed by atoms with Crippen molar-refractivity contribution in [3.05, 3.63) is 70.9 Å². The van der Waals surface area contributed by atoms with E-state index in [2.05, 4.69) is 59.7 Å². The molecule has 2 heterocycles. The first-order valence-electron chi connectivity index (χ1n) is 11.9. The Morgan fingerprint density at radius 2 is 1.66 bits per heavy atom. The first-order valence-corrected chi connectivity index (χ1v) is 11.9. The van der Waals surface area contributed by atoms with Crippen molar-refractivity contribution in [3.8, 4) is 22.7 Å². The van der Waals surface area contributed by atoms with Crippen LogP contribution in [0.5, 0.6) is 5.75 Å². The lowest BCUT2D eigenvalue weighted by molar-refractivity contribution is 0.0612. The summed E-state index contributed by atoms with van der Waals surface area (Å²) < 4.78 is 7.73. The molecule has 2 aliphatic rings. The Kier molecular flexibility index (Phi) is 5.54. The van der Waals surface area contributed by atoms with Gasteiger partial charge in [-0.05, 0) is 73.7 Å². The number of carbonyl (C=O) groups excluding carboxylic acids is 1. The number of benzene rings is 2. The number of fused-ring (bicyclic) bond motifs is 1. The number of hydrogen-bond donors (Lipinski definition) is 0. The largest absolute Gasteiger partial charge is 0.497 e. The fourth-order valence-electron chi connectivity index (χ4n) is 5.66. The Bertz CT molecular complexity index is 1140. The van der Waals surface area contributed by atoms with Gasteiger partial charge in [0, 0.05) is 30.4 Å². The standard InChI is InChI=1S/C28H32N2O2/c1-19-9-7-8-12-24(19)30-25-17-18-29(22-10-5-4-6-11-22)28(31)26(25)20(2)27(30)21-13-15-23(32-3)16-14-21/h7-9,12-16,22H,4-6,10-11,17-18H2,1-3H3. The molecule has 4 nitrogen and oxygen atoms in total. The zero-order chi connectivity index (χ0) is 22.2. The number of methoxy groups -OCH3 is 1. The van der Waals surface area contributed by atoms with Gasteiger partial charge in [0.1, 0.15) is 5.75 Å². The number of aromatic nitrogens is 1. The van der Waals surface area contributed by atoms with E-state index in [4.69, 9.17) is 4.74 Å². The highest BCUT2D eigenvalue weighted by Crippen LogP contribution is 2.39. The zero-order valence-electron chi connectivity index (χ0n) is 19.4. The number of aryl methyl sites for hydroxylation is 1. The summed E-state index contributed by atoms with van der Waals surface area (Å²) in [4.78, 5) is 16.0. The molecule has 1 aromatic heterocycles. The summed E-state index contributed by atoms with van der Waals surface area (Å²) >= 11 is 0. The minimum Gasteiger partial charge on any atom is -0.497 e. The molecule has 1 amide bonds. The minimum atomic E-state index is 0.220. The molecule has 4 heteroatoms. The van der Waals surface area contributed by atoms with Crippen LogP contribution in [-0.2, 0) is 6.42 Å². The van der Waals surface area contributed by atoms with Crippen LogP contribution in [0.4, 0.5) is 0 Å². The maximum atomic E-state index is 13.8. The molecule has 1 aliphatic carbocycles. The van der Waals surface area contributed by atoms with Gasteiger partial charge in [-0.3, -0.25) is 4.79 Å². The van der Waals surface area contributed by atoms with Gasteiger partial charge in [0.15, 0.2) is 0 Å². The summed E-state index contributed by atoms with van der Waals surface area (Å²) in [5.74, 6) is 1.06. The molecule has 1 aliphatic heterocycles. The van der Waals surface area contributed by atoms with Gasteiger partial charge < -0.3 is 14.2 Å². The topological polar surface area (TPSA) is 34.5 Å². The van der Waals surface area contributed by atoms with E-state index in [9.17, 15) is 4.79 Å². The normalized spacial score (nSPS) is 16.8. The molecule has 0 atom stereocenters. The molecular weight excluding hydrogens is 396 g/mol. The number of ether oxygens (including phenoxy) is 1. The van der Waals surface area contributed by atoms with Gasteiger partial charge in [-0.1, -0.05) is 37.5 Å². The van der Waals surface area contributed by atoms with Gasteiger partial charge in [-0.2, -0.15) is 0 Å². The molecule has 1 saturated carbocycles. The highest BCUT2D eigenvalue weighted by molar-refractivity contribution is 6.00. The predicted molar refractivity (Wildman–Crippen MR) is 129 cm³/mol. The van der Waals surface area contributed by atoms with Crippen LogP contribution in [-0.4, -0.2) is 35.1 Å². The van der Waals surface area contributed by atoms with E-state index in [1.807, 2.05) is 12.1 Å². The second-order valence-corrected chi connectivity index (χ2v) is 9.19. The smallest absolute Gasteiger partial charge is 0.256 e. The third-order valence-electron chi connectivity index (χ3n) is 7.31. The quantitative estimate of drug-likeness (QED) is 0.503. The maximum Gasteiger partial charge on any atom is 0.256 e. The number of carbonyl (C=O) groups is 1. The van der Waals surface area contributed by atoms with Crippen LogP contribution < -0.4 is 4.74 Å². The molecule has 0 N–H and O–H groups in total. The molecule has 166 valence electrons. The van der Waals surface area contributed by atoms with E-state index >= 15 is 0 Å². The third kappa shape index (κ3) is 3.42. The number of nitrogens with zero attached hydrogens (tertiary/aromatic N) is 2. The van der Waals surface area contributed by atoms with E-state index in [1.165, 1.54) is 24.8 Å². The van der Waals surface area contributed by atoms with E-state index in [0.29, 0.717) is 6.04 Å². The summed E-state index contributed by atoms with van der Waals surface area (Å²) in [6.45, 7) is 5.08. The molecule has 0 unspecified atom stereocenters. The van der Waals surface area contributed by atoms with E-state index in [-0.39, 0.29) is 5.91 Å². The average molecular weight is 429 g/mol. The maximum absolute atomic E-state index is 13.8. The minimum absolute atomic E-state index is 0.220. The molecule has 0 saturated heterocycles. The van der Waals surface area contributed by atoms with Crippen LogP contribution in [0.3, 0.4) is 0 Å². The number of rotatable bonds is 4. The predicted octanol–water partition coefficient (Wildman–Crippen LogP) is 6.10. The van der Waals surface area contributed by atoms with Crippen molar-refractivity contribution in [2.75, 3.05) is 13.7 Å². The molecule has 3 aromatic rings. The Morgan fingerprint density at radius 3 is 2.34 bits per heavy atom. The molecule has 0 spiro atoms. The van der Waals surface area contributed by atoms with Crippen molar-refractivity contribution in [2.24, 2.45) is 0 Å². The number of amides is 1. The van der Waals surface area contributed by atoms with E-state index in [1.54, 1.807) is 7.11 Å². The fraction of sp³-hybridized carbons (Fsp3) is 0.393. The number of para-hydroxylation sites is 1. The Labute approximate surface area is 190 Å². The third-order valence-corrected chi connectivity index (χ3v) is 7.31. The SMILES string of the molecule is COc1ccc(-c2c(C)c3c(n2-c2ccccc2C)CCN(C2CCCCC2)C3=O)cc1. The first-order chi connectivity index (χ1) is 15.6. The first kappa shape index (κ1) is 20.9. The molecule has 32 heavy (non-hydrogen) atoms. The highest BCUT2D eigenvalue weighted by atomic mass is 16.5. The Hall–Kier alpha value is -3.01. The Morgan fingerprint density at radius 1 is 0.938 bits per heavy atom. The zero-order valence-corrected chi connectivity index (χ0v) is 19.4. The molecule has 5 rings (SSSR count). The van der Waals surface area contributed by atoms with Crippen molar-refractivity contribution in [1.82, 2.24) is 9.47 Å². The summed E-state index contributed by atoms with van der Waals surface area (Å²) in [5, 5.41) is 0. The molecular formula is C28H32N2O2. The molecule has 2 aromatic carbocycles. The summed E-state index contributed by atoms with van der Waals surface area (Å²) in [5.41, 5.74) is 7.74. The highest BCUT2D eigenvalue weighted by Gasteiger charge is 2.36. The Balaban J connectivity index is 1.68. The average Bonchev–Trinajstić information content (AvgIpc) is 3.13. The molecule has 1 fully saturated rings. The van der Waals surface area contributed by atoms with Crippen molar-refractivity contribution >= 4 is 5.91 Å². The van der Waals surface area contributed by atoms with Crippen molar-refractivity contribution in [1.29, 1.82) is 0 Å². The van der Waals surface area contributed by atoms with Crippen LogP contribution >= 0.6 is 0 Å². The van der Waals surface area contributed by atoms with Crippen molar-refractivity contribution in [3.63, 3.8) is 0 Å². The second-order valence-electron chi connectivity index (χ2n) is 9.19. The van der Waals surface area contributed by atoms with Gasteiger partial charge >= 0.3 is 0 Å². The molecule has 0 bridgehead atoms. The van der Waals surface area contributed by atoms with Crippen LogP contribution in [0.15, 0.2) is 48.5 Å². The van der Waals surface area contributed by atoms with E-state index in [0.717, 1.165) is 65.3 Å². The van der Waals surface area contributed by atoms with E-state index < -0.39 is 0 Å². The van der Waals surface area contributed by atoms with Crippen LogP contribution in [0.2, 0.25) is 0 Å². The lowest BCUT2D eigenvalue weighted by Gasteiger charge is -2.37. The van der Waals surface area contributed by atoms with Gasteiger partial charge in [0.2, 0.25) is 0 Å². The summed E-state index contributed by atoms with van der Waals surface area (Å²) in [6, 6.07) is 17.1. The van der Waals surface area contributed by atoms with Crippen molar-refractivity contribution in [2.45, 2.75) is 58.4 Å². The van der Waals surface area contributed by atoms with Gasteiger partial charge in [0.05, 0.1) is 18.4 Å². The van der Waals surface area contributed by atoms with Crippen LogP contribution in [0.25, 0.3) is 16.9 Å². The fourth-order valence-corrected chi connectivity index (χ4v) is 5.66. The van der Waals surface area contributed by atoms with Gasteiger partial charge in [-0.25, -0.2) is 0 Å². The summed E-state index contributed by atoms with van der Waals surface area (Å²) in [7, 11) is 1.69. The van der Waals surface area contributed by atoms with Gasteiger partial charge in [-0.15, -0.1) is 0 Å².